The van der Waals surface area contributed by atoms with Crippen LogP contribution in [0.4, 0.5) is 13.2 Å². The van der Waals surface area contributed by atoms with Gasteiger partial charge in [-0.2, -0.15) is 13.2 Å². The van der Waals surface area contributed by atoms with Gasteiger partial charge < -0.3 is 4.98 Å². The third kappa shape index (κ3) is 3.09. The topological polar surface area (TPSA) is 28.7 Å². The van der Waals surface area contributed by atoms with Gasteiger partial charge in [0.1, 0.15) is 0 Å². The summed E-state index contributed by atoms with van der Waals surface area (Å²) >= 11 is 0. The molecule has 1 aromatic carbocycles. The maximum absolute atomic E-state index is 12.3. The fourth-order valence-electron chi connectivity index (χ4n) is 1.44. The lowest BCUT2D eigenvalue weighted by atomic mass is 10.1. The molecule has 1 N–H and O–H groups in total. The number of halogens is 3. The molecule has 1 heterocycles. The molecule has 0 saturated heterocycles. The van der Waals surface area contributed by atoms with E-state index in [1.807, 2.05) is 6.42 Å². The highest BCUT2D eigenvalue weighted by molar-refractivity contribution is 5.27. The quantitative estimate of drug-likeness (QED) is 0.875. The van der Waals surface area contributed by atoms with E-state index >= 15 is 0 Å². The number of hydrogen-bond donors (Lipinski definition) is 1. The summed E-state index contributed by atoms with van der Waals surface area (Å²) in [5, 5.41) is 0. The molecular formula is C12H10F3N2. The van der Waals surface area contributed by atoms with Gasteiger partial charge in [-0.25, -0.2) is 4.98 Å². The van der Waals surface area contributed by atoms with Gasteiger partial charge >= 0.3 is 6.18 Å². The van der Waals surface area contributed by atoms with Crippen LogP contribution < -0.4 is 0 Å². The number of nitrogens with one attached hydrogen (secondary N) is 1. The van der Waals surface area contributed by atoms with Gasteiger partial charge in [0.25, 0.3) is 0 Å². The van der Waals surface area contributed by atoms with E-state index in [0.717, 1.165) is 23.4 Å². The molecule has 0 unspecified atom stereocenters. The molecule has 0 spiro atoms. The minimum absolute atomic E-state index is 0.570. The smallest absolute Gasteiger partial charge is 0.348 e. The van der Waals surface area contributed by atoms with Crippen molar-refractivity contribution in [2.24, 2.45) is 0 Å². The summed E-state index contributed by atoms with van der Waals surface area (Å²) in [6.45, 7) is 0. The van der Waals surface area contributed by atoms with Crippen molar-refractivity contribution >= 4 is 0 Å². The summed E-state index contributed by atoms with van der Waals surface area (Å²) in [5.74, 6) is 0. The van der Waals surface area contributed by atoms with Crippen LogP contribution in [-0.4, -0.2) is 9.97 Å². The fourth-order valence-corrected chi connectivity index (χ4v) is 1.44. The lowest BCUT2D eigenvalue weighted by Gasteiger charge is -2.07. The summed E-state index contributed by atoms with van der Waals surface area (Å²) in [7, 11) is 0. The van der Waals surface area contributed by atoms with E-state index in [2.05, 4.69) is 9.97 Å². The molecule has 1 radical (unpaired) electrons. The van der Waals surface area contributed by atoms with Gasteiger partial charge in [0.05, 0.1) is 11.9 Å². The van der Waals surface area contributed by atoms with Gasteiger partial charge in [0, 0.05) is 18.3 Å². The van der Waals surface area contributed by atoms with E-state index in [0.29, 0.717) is 6.42 Å². The van der Waals surface area contributed by atoms with Gasteiger partial charge in [-0.05, 0) is 24.1 Å². The molecule has 0 saturated carbocycles. The van der Waals surface area contributed by atoms with Gasteiger partial charge in [-0.15, -0.1) is 0 Å². The average molecular weight is 239 g/mol. The van der Waals surface area contributed by atoms with E-state index in [1.54, 1.807) is 12.5 Å². The van der Waals surface area contributed by atoms with Crippen LogP contribution in [-0.2, 0) is 12.6 Å². The van der Waals surface area contributed by atoms with Crippen LogP contribution in [0.3, 0.4) is 0 Å². The Hall–Kier alpha value is -1.78. The first-order chi connectivity index (χ1) is 8.05. The predicted molar refractivity (Wildman–Crippen MR) is 57.1 cm³/mol. The number of alkyl halides is 3. The summed E-state index contributed by atoms with van der Waals surface area (Å²) in [4.78, 5) is 6.74. The minimum atomic E-state index is -4.27. The molecular weight excluding hydrogens is 229 g/mol. The first kappa shape index (κ1) is 11.7. The second-order valence-electron chi connectivity index (χ2n) is 3.61. The molecule has 0 aliphatic carbocycles. The number of hydrogen-bond acceptors (Lipinski definition) is 1. The molecule has 0 bridgehead atoms. The maximum atomic E-state index is 12.3. The van der Waals surface area contributed by atoms with Crippen molar-refractivity contribution in [3.8, 4) is 0 Å². The highest BCUT2D eigenvalue weighted by atomic mass is 19.4. The van der Waals surface area contributed by atoms with Crippen molar-refractivity contribution in [2.45, 2.75) is 12.6 Å². The Morgan fingerprint density at radius 3 is 2.41 bits per heavy atom. The normalized spacial score (nSPS) is 11.7. The number of benzene rings is 1. The van der Waals surface area contributed by atoms with Crippen molar-refractivity contribution < 1.29 is 13.2 Å². The average Bonchev–Trinajstić information content (AvgIpc) is 2.78. The number of nitrogens with zero attached hydrogens (tertiary/aromatic N) is 1. The molecule has 0 aliphatic heterocycles. The molecule has 89 valence electrons. The Labute approximate surface area is 96.5 Å². The zero-order valence-electron chi connectivity index (χ0n) is 8.83. The zero-order chi connectivity index (χ0) is 12.3. The second kappa shape index (κ2) is 4.61. The van der Waals surface area contributed by atoms with Crippen LogP contribution in [0.15, 0.2) is 36.8 Å². The van der Waals surface area contributed by atoms with E-state index in [1.165, 1.54) is 12.1 Å². The number of aromatic amines is 1. The van der Waals surface area contributed by atoms with Gasteiger partial charge in [-0.3, -0.25) is 0 Å². The third-order valence-electron chi connectivity index (χ3n) is 2.36. The highest BCUT2D eigenvalue weighted by Gasteiger charge is 2.29. The third-order valence-corrected chi connectivity index (χ3v) is 2.36. The molecule has 0 fully saturated rings. The highest BCUT2D eigenvalue weighted by Crippen LogP contribution is 2.29. The summed E-state index contributed by atoms with van der Waals surface area (Å²) in [5.41, 5.74) is 1.06. The number of imidazole rings is 1. The van der Waals surface area contributed by atoms with Crippen LogP contribution in [0.2, 0.25) is 0 Å². The Bertz CT molecular complexity index is 457. The summed E-state index contributed by atoms with van der Waals surface area (Å²) in [6, 6.07) is 5.15. The van der Waals surface area contributed by atoms with E-state index in [4.69, 9.17) is 0 Å². The van der Waals surface area contributed by atoms with Crippen molar-refractivity contribution in [2.75, 3.05) is 0 Å². The molecule has 2 rings (SSSR count). The van der Waals surface area contributed by atoms with Crippen molar-refractivity contribution in [1.82, 2.24) is 9.97 Å². The number of H-pyrrole nitrogens is 1. The van der Waals surface area contributed by atoms with Gasteiger partial charge in [0.2, 0.25) is 0 Å². The largest absolute Gasteiger partial charge is 0.416 e. The Morgan fingerprint density at radius 1 is 1.18 bits per heavy atom. The SMILES string of the molecule is FC(F)(F)c1ccc(C[CH]c2cnc[nH]2)cc1. The maximum Gasteiger partial charge on any atom is 0.416 e. The Kier molecular flexibility index (Phi) is 3.17. The monoisotopic (exact) mass is 239 g/mol. The van der Waals surface area contributed by atoms with Crippen LogP contribution in [0.25, 0.3) is 0 Å². The molecule has 17 heavy (non-hydrogen) atoms. The second-order valence-corrected chi connectivity index (χ2v) is 3.61. The Morgan fingerprint density at radius 2 is 1.88 bits per heavy atom. The van der Waals surface area contributed by atoms with E-state index < -0.39 is 11.7 Å². The summed E-state index contributed by atoms with van der Waals surface area (Å²) < 4.78 is 36.9. The van der Waals surface area contributed by atoms with Crippen LogP contribution in [0, 0.1) is 6.42 Å². The van der Waals surface area contributed by atoms with Crippen molar-refractivity contribution in [1.29, 1.82) is 0 Å². The predicted octanol–water partition coefficient (Wildman–Crippen LogP) is 3.22. The van der Waals surface area contributed by atoms with Gasteiger partial charge in [-0.1, -0.05) is 12.1 Å². The molecule has 0 amide bonds. The first-order valence-electron chi connectivity index (χ1n) is 5.03. The Balaban J connectivity index is 1.99. The van der Waals surface area contributed by atoms with Crippen LogP contribution in [0.1, 0.15) is 16.8 Å². The zero-order valence-corrected chi connectivity index (χ0v) is 8.83. The van der Waals surface area contributed by atoms with Crippen LogP contribution in [0.5, 0.6) is 0 Å². The van der Waals surface area contributed by atoms with Crippen molar-refractivity contribution in [3.05, 3.63) is 60.0 Å². The van der Waals surface area contributed by atoms with Gasteiger partial charge in [0.15, 0.2) is 0 Å². The first-order valence-corrected chi connectivity index (χ1v) is 5.03. The molecule has 2 nitrogen and oxygen atoms in total. The number of aromatic nitrogens is 2. The number of rotatable bonds is 3. The minimum Gasteiger partial charge on any atom is -0.348 e. The lowest BCUT2D eigenvalue weighted by molar-refractivity contribution is -0.137. The molecule has 0 atom stereocenters. The standard InChI is InChI=1S/C12H10F3N2/c13-12(14,15)10-4-1-9(2-5-10)3-6-11-7-16-8-17-11/h1-2,4-8H,3H2,(H,16,17). The van der Waals surface area contributed by atoms with E-state index in [9.17, 15) is 13.2 Å². The molecule has 1 aromatic heterocycles. The van der Waals surface area contributed by atoms with E-state index in [-0.39, 0.29) is 0 Å². The summed E-state index contributed by atoms with van der Waals surface area (Å²) in [6.07, 6.45) is 1.38. The van der Waals surface area contributed by atoms with Crippen LogP contribution >= 0.6 is 0 Å². The molecule has 2 aromatic rings. The lowest BCUT2D eigenvalue weighted by Crippen LogP contribution is -2.04. The molecule has 5 heteroatoms. The van der Waals surface area contributed by atoms with Crippen molar-refractivity contribution in [3.63, 3.8) is 0 Å². The molecule has 0 aliphatic rings. The fraction of sp³-hybridized carbons (Fsp3) is 0.167.